The van der Waals surface area contributed by atoms with Crippen LogP contribution in [0, 0.1) is 17.0 Å². The molecule has 0 saturated carbocycles. The topological polar surface area (TPSA) is 116 Å². The van der Waals surface area contributed by atoms with Gasteiger partial charge in [0, 0.05) is 27.6 Å². The SMILES string of the molecule is Cc1nn(-c2ccccc2Cl)c2sc(C(=O)OC(C(=O)Nc3ccc([N+](=O)[O-])cc3Br)c3ccccc3)cc12. The van der Waals surface area contributed by atoms with Crippen LogP contribution in [0.3, 0.4) is 0 Å². The molecule has 0 aliphatic heterocycles. The van der Waals surface area contributed by atoms with E-state index in [1.165, 1.54) is 29.5 Å². The van der Waals surface area contributed by atoms with E-state index in [-0.39, 0.29) is 10.6 Å². The van der Waals surface area contributed by atoms with E-state index < -0.39 is 22.9 Å². The van der Waals surface area contributed by atoms with E-state index in [0.29, 0.717) is 37.0 Å². The molecule has 0 fully saturated rings. The monoisotopic (exact) mass is 624 g/mol. The number of hydrogen-bond acceptors (Lipinski definition) is 7. The standard InChI is InChI=1S/C27H18BrClN4O5S/c1-15-18-14-23(39-26(18)32(31-15)22-10-6-5-9-20(22)29)27(35)38-24(16-7-3-2-4-8-16)25(34)30-21-12-11-17(33(36)37)13-19(21)28/h2-14,24H,1H3,(H,30,34). The molecule has 3 aromatic carbocycles. The number of aromatic nitrogens is 2. The van der Waals surface area contributed by atoms with Crippen molar-refractivity contribution in [3.8, 4) is 5.69 Å². The van der Waals surface area contributed by atoms with E-state index in [1.54, 1.807) is 47.1 Å². The zero-order chi connectivity index (χ0) is 27.7. The largest absolute Gasteiger partial charge is 0.443 e. The summed E-state index contributed by atoms with van der Waals surface area (Å²) in [6.07, 6.45) is -1.29. The Kier molecular flexibility index (Phi) is 7.47. The number of nitrogens with one attached hydrogen (secondary N) is 1. The molecule has 1 N–H and O–H groups in total. The summed E-state index contributed by atoms with van der Waals surface area (Å²) in [6.45, 7) is 1.83. The first-order valence-corrected chi connectivity index (χ1v) is 13.5. The molecule has 1 atom stereocenters. The smallest absolute Gasteiger partial charge is 0.349 e. The second-order valence-electron chi connectivity index (χ2n) is 8.38. The zero-order valence-corrected chi connectivity index (χ0v) is 23.3. The van der Waals surface area contributed by atoms with Crippen LogP contribution < -0.4 is 5.32 Å². The molecule has 1 unspecified atom stereocenters. The Hall–Kier alpha value is -4.06. The quantitative estimate of drug-likeness (QED) is 0.116. The van der Waals surface area contributed by atoms with Crippen LogP contribution >= 0.6 is 38.9 Å². The van der Waals surface area contributed by atoms with Gasteiger partial charge in [0.25, 0.3) is 11.6 Å². The minimum atomic E-state index is -1.29. The number of thiophene rings is 1. The zero-order valence-electron chi connectivity index (χ0n) is 20.1. The average molecular weight is 626 g/mol. The maximum atomic E-state index is 13.3. The molecule has 39 heavy (non-hydrogen) atoms. The fourth-order valence-corrected chi connectivity index (χ4v) is 5.66. The van der Waals surface area contributed by atoms with Crippen LogP contribution in [0.25, 0.3) is 15.9 Å². The number of nitro groups is 1. The number of nitrogens with zero attached hydrogens (tertiary/aromatic N) is 3. The van der Waals surface area contributed by atoms with Gasteiger partial charge in [-0.15, -0.1) is 11.3 Å². The summed E-state index contributed by atoms with van der Waals surface area (Å²) in [5, 5.41) is 19.6. The maximum Gasteiger partial charge on any atom is 0.349 e. The normalized spacial score (nSPS) is 11.8. The molecule has 9 nitrogen and oxygen atoms in total. The fourth-order valence-electron chi connectivity index (χ4n) is 3.92. The number of rotatable bonds is 7. The Balaban J connectivity index is 1.45. The van der Waals surface area contributed by atoms with Gasteiger partial charge in [0.05, 0.1) is 27.0 Å². The molecule has 12 heteroatoms. The van der Waals surface area contributed by atoms with Crippen LogP contribution in [0.15, 0.2) is 83.3 Å². The predicted octanol–water partition coefficient (Wildman–Crippen LogP) is 7.26. The number of benzene rings is 3. The van der Waals surface area contributed by atoms with Crippen LogP contribution in [0.4, 0.5) is 11.4 Å². The Morgan fingerprint density at radius 2 is 1.82 bits per heavy atom. The summed E-state index contributed by atoms with van der Waals surface area (Å²) < 4.78 is 7.74. The first-order valence-electron chi connectivity index (χ1n) is 11.5. The number of carbonyl (C=O) groups excluding carboxylic acids is 2. The Labute approximate surface area is 239 Å². The van der Waals surface area contributed by atoms with E-state index in [0.717, 1.165) is 5.39 Å². The molecule has 2 aromatic heterocycles. The molecular weight excluding hydrogens is 608 g/mol. The number of amides is 1. The Morgan fingerprint density at radius 1 is 1.10 bits per heavy atom. The minimum Gasteiger partial charge on any atom is -0.443 e. The molecule has 196 valence electrons. The third-order valence-corrected chi connectivity index (χ3v) is 7.88. The second kappa shape index (κ2) is 11.0. The second-order valence-corrected chi connectivity index (χ2v) is 10.7. The molecule has 5 rings (SSSR count). The number of non-ortho nitro benzene ring substituents is 1. The molecule has 0 aliphatic carbocycles. The lowest BCUT2D eigenvalue weighted by molar-refractivity contribution is -0.384. The van der Waals surface area contributed by atoms with Crippen molar-refractivity contribution in [2.24, 2.45) is 0 Å². The van der Waals surface area contributed by atoms with Crippen LogP contribution in [0.1, 0.15) is 27.0 Å². The number of esters is 1. The van der Waals surface area contributed by atoms with E-state index in [1.807, 2.05) is 25.1 Å². The lowest BCUT2D eigenvalue weighted by atomic mass is 10.1. The molecule has 5 aromatic rings. The maximum absolute atomic E-state index is 13.3. The molecule has 0 spiro atoms. The van der Waals surface area contributed by atoms with E-state index in [2.05, 4.69) is 26.3 Å². The first-order chi connectivity index (χ1) is 18.7. The van der Waals surface area contributed by atoms with Crippen molar-refractivity contribution in [1.82, 2.24) is 9.78 Å². The van der Waals surface area contributed by atoms with Crippen LogP contribution in [0.2, 0.25) is 5.02 Å². The average Bonchev–Trinajstić information content (AvgIpc) is 3.49. The third kappa shape index (κ3) is 5.42. The van der Waals surface area contributed by atoms with Gasteiger partial charge in [-0.3, -0.25) is 14.9 Å². The summed E-state index contributed by atoms with van der Waals surface area (Å²) in [6, 6.07) is 21.5. The van der Waals surface area contributed by atoms with Crippen molar-refractivity contribution < 1.29 is 19.2 Å². The molecule has 0 saturated heterocycles. The highest BCUT2D eigenvalue weighted by molar-refractivity contribution is 9.10. The molecule has 2 heterocycles. The van der Waals surface area contributed by atoms with Crippen molar-refractivity contribution in [2.45, 2.75) is 13.0 Å². The number of halogens is 2. The first kappa shape index (κ1) is 26.5. The summed E-state index contributed by atoms with van der Waals surface area (Å²) in [4.78, 5) is 38.2. The number of nitro benzene ring substituents is 1. The van der Waals surface area contributed by atoms with Gasteiger partial charge in [0.1, 0.15) is 9.71 Å². The third-order valence-electron chi connectivity index (χ3n) is 5.81. The van der Waals surface area contributed by atoms with Gasteiger partial charge in [0.15, 0.2) is 0 Å². The Bertz CT molecular complexity index is 1740. The highest BCUT2D eigenvalue weighted by Crippen LogP contribution is 2.34. The van der Waals surface area contributed by atoms with E-state index in [4.69, 9.17) is 16.3 Å². The van der Waals surface area contributed by atoms with Crippen molar-refractivity contribution in [3.05, 3.63) is 115 Å². The molecule has 0 aliphatic rings. The van der Waals surface area contributed by atoms with Crippen molar-refractivity contribution in [3.63, 3.8) is 0 Å². The lowest BCUT2D eigenvalue weighted by Gasteiger charge is -2.18. The van der Waals surface area contributed by atoms with Gasteiger partial charge in [-0.25, -0.2) is 9.48 Å². The highest BCUT2D eigenvalue weighted by Gasteiger charge is 2.28. The van der Waals surface area contributed by atoms with Gasteiger partial charge in [-0.05, 0) is 47.1 Å². The van der Waals surface area contributed by atoms with Crippen molar-refractivity contribution in [2.75, 3.05) is 5.32 Å². The summed E-state index contributed by atoms with van der Waals surface area (Å²) in [5.74, 6) is -1.31. The van der Waals surface area contributed by atoms with Crippen molar-refractivity contribution in [1.29, 1.82) is 0 Å². The number of anilines is 1. The highest BCUT2D eigenvalue weighted by atomic mass is 79.9. The van der Waals surface area contributed by atoms with Gasteiger partial charge in [0.2, 0.25) is 6.10 Å². The van der Waals surface area contributed by atoms with Crippen LogP contribution in [-0.4, -0.2) is 26.6 Å². The number of para-hydroxylation sites is 1. The van der Waals surface area contributed by atoms with E-state index >= 15 is 0 Å². The number of ether oxygens (including phenoxy) is 1. The van der Waals surface area contributed by atoms with Gasteiger partial charge in [-0.1, -0.05) is 54.1 Å². The predicted molar refractivity (Wildman–Crippen MR) is 153 cm³/mol. The molecule has 0 radical (unpaired) electrons. The summed E-state index contributed by atoms with van der Waals surface area (Å²) in [5.41, 5.74) is 2.00. The van der Waals surface area contributed by atoms with Crippen LogP contribution in [-0.2, 0) is 9.53 Å². The molecular formula is C27H18BrClN4O5S. The Morgan fingerprint density at radius 3 is 2.51 bits per heavy atom. The number of carbonyl (C=O) groups is 2. The number of aryl methyl sites for hydroxylation is 1. The summed E-state index contributed by atoms with van der Waals surface area (Å²) >= 11 is 10.8. The number of fused-ring (bicyclic) bond motifs is 1. The van der Waals surface area contributed by atoms with Gasteiger partial charge >= 0.3 is 5.97 Å². The fraction of sp³-hybridized carbons (Fsp3) is 0.0741. The lowest BCUT2D eigenvalue weighted by Crippen LogP contribution is -2.25. The van der Waals surface area contributed by atoms with E-state index in [9.17, 15) is 19.7 Å². The minimum absolute atomic E-state index is 0.138. The molecule has 0 bridgehead atoms. The van der Waals surface area contributed by atoms with Gasteiger partial charge in [-0.2, -0.15) is 5.10 Å². The molecule has 1 amide bonds. The van der Waals surface area contributed by atoms with Crippen LogP contribution in [0.5, 0.6) is 0 Å². The van der Waals surface area contributed by atoms with Crippen molar-refractivity contribution >= 4 is 72.3 Å². The number of hydrogen-bond donors (Lipinski definition) is 1. The summed E-state index contributed by atoms with van der Waals surface area (Å²) in [7, 11) is 0. The van der Waals surface area contributed by atoms with Gasteiger partial charge < -0.3 is 10.1 Å².